The number of amides is 2. The SMILES string of the molecule is C=CN(C(=O)N(Cc1csc(C(C)C)n1)C1CC1)C(C(C)=O)C(C)O. The van der Waals surface area contributed by atoms with Gasteiger partial charge in [0.15, 0.2) is 5.78 Å². The van der Waals surface area contributed by atoms with Crippen LogP contribution in [0.1, 0.15) is 57.2 Å². The number of ketones is 1. The maximum atomic E-state index is 13.0. The van der Waals surface area contributed by atoms with Gasteiger partial charge in [-0.3, -0.25) is 9.69 Å². The summed E-state index contributed by atoms with van der Waals surface area (Å²) in [6.07, 6.45) is 2.25. The van der Waals surface area contributed by atoms with Gasteiger partial charge in [0, 0.05) is 23.5 Å². The van der Waals surface area contributed by atoms with Crippen LogP contribution in [0, 0.1) is 0 Å². The van der Waals surface area contributed by atoms with Crippen molar-refractivity contribution >= 4 is 23.2 Å². The van der Waals surface area contributed by atoms with Crippen molar-refractivity contribution in [2.24, 2.45) is 0 Å². The Kier molecular flexibility index (Phi) is 6.35. The first-order chi connectivity index (χ1) is 11.8. The minimum Gasteiger partial charge on any atom is -0.391 e. The third kappa shape index (κ3) is 4.67. The molecule has 1 aliphatic carbocycles. The van der Waals surface area contributed by atoms with Crippen molar-refractivity contribution in [3.05, 3.63) is 28.9 Å². The zero-order chi connectivity index (χ0) is 18.7. The normalized spacial score (nSPS) is 16.4. The molecule has 7 heteroatoms. The number of rotatable bonds is 8. The van der Waals surface area contributed by atoms with Crippen LogP contribution >= 0.6 is 11.3 Å². The summed E-state index contributed by atoms with van der Waals surface area (Å²) in [6.45, 7) is 11.1. The van der Waals surface area contributed by atoms with Crippen molar-refractivity contribution in [1.82, 2.24) is 14.8 Å². The standard InChI is InChI=1S/C18H27N3O3S/c1-6-20(16(12(4)22)13(5)23)18(24)21(15-7-8-15)9-14-10-25-17(19-14)11(2)3/h6,10-12,15-16,22H,1,7-9H2,2-5H3. The van der Waals surface area contributed by atoms with Crippen molar-refractivity contribution in [1.29, 1.82) is 0 Å². The third-order valence-corrected chi connectivity index (χ3v) is 5.41. The second-order valence-corrected chi connectivity index (χ2v) is 7.75. The number of nitrogens with zero attached hydrogens (tertiary/aromatic N) is 3. The van der Waals surface area contributed by atoms with Crippen molar-refractivity contribution in [3.63, 3.8) is 0 Å². The number of aliphatic hydroxyl groups is 1. The highest BCUT2D eigenvalue weighted by molar-refractivity contribution is 7.09. The molecule has 25 heavy (non-hydrogen) atoms. The molecule has 0 spiro atoms. The van der Waals surface area contributed by atoms with Gasteiger partial charge in [-0.25, -0.2) is 9.78 Å². The minimum atomic E-state index is -0.965. The highest BCUT2D eigenvalue weighted by atomic mass is 32.1. The molecule has 2 unspecified atom stereocenters. The molecule has 1 aliphatic rings. The lowest BCUT2D eigenvalue weighted by Gasteiger charge is -2.33. The Morgan fingerprint density at radius 2 is 2.08 bits per heavy atom. The molecule has 2 atom stereocenters. The van der Waals surface area contributed by atoms with E-state index in [0.29, 0.717) is 12.5 Å². The zero-order valence-corrected chi connectivity index (χ0v) is 16.1. The van der Waals surface area contributed by atoms with Crippen molar-refractivity contribution in [3.8, 4) is 0 Å². The number of hydrogen-bond acceptors (Lipinski definition) is 5. The van der Waals surface area contributed by atoms with Crippen molar-refractivity contribution in [2.75, 3.05) is 0 Å². The Morgan fingerprint density at radius 1 is 1.44 bits per heavy atom. The lowest BCUT2D eigenvalue weighted by atomic mass is 10.1. The summed E-state index contributed by atoms with van der Waals surface area (Å²) in [5, 5.41) is 13.0. The molecule has 138 valence electrons. The highest BCUT2D eigenvalue weighted by Gasteiger charge is 2.38. The van der Waals surface area contributed by atoms with Gasteiger partial charge in [-0.05, 0) is 26.7 Å². The molecule has 0 saturated heterocycles. The second kappa shape index (κ2) is 8.10. The number of aliphatic hydroxyl groups excluding tert-OH is 1. The van der Waals surface area contributed by atoms with E-state index in [4.69, 9.17) is 0 Å². The number of carbonyl (C=O) groups excluding carboxylic acids is 2. The molecule has 1 heterocycles. The number of urea groups is 1. The molecule has 1 aromatic heterocycles. The molecule has 0 aliphatic heterocycles. The Hall–Kier alpha value is -1.73. The molecule has 1 fully saturated rings. The zero-order valence-electron chi connectivity index (χ0n) is 15.3. The first-order valence-corrected chi connectivity index (χ1v) is 9.48. The average Bonchev–Trinajstić information content (AvgIpc) is 3.26. The van der Waals surface area contributed by atoms with E-state index in [2.05, 4.69) is 25.4 Å². The van der Waals surface area contributed by atoms with Crippen LogP contribution in [0.4, 0.5) is 4.79 Å². The molecule has 0 radical (unpaired) electrons. The third-order valence-electron chi connectivity index (χ3n) is 4.22. The van der Waals surface area contributed by atoms with Crippen LogP contribution in [-0.4, -0.2) is 49.9 Å². The van der Waals surface area contributed by atoms with Gasteiger partial charge >= 0.3 is 6.03 Å². The number of thiazole rings is 1. The summed E-state index contributed by atoms with van der Waals surface area (Å²) in [5.74, 6) is 0.0839. The first-order valence-electron chi connectivity index (χ1n) is 8.60. The second-order valence-electron chi connectivity index (χ2n) is 6.86. The maximum Gasteiger partial charge on any atom is 0.325 e. The molecule has 1 aromatic rings. The van der Waals surface area contributed by atoms with Crippen LogP contribution in [0.3, 0.4) is 0 Å². The first kappa shape index (κ1) is 19.6. The van der Waals surface area contributed by atoms with Gasteiger partial charge in [-0.1, -0.05) is 20.4 Å². The predicted molar refractivity (Wildman–Crippen MR) is 98.3 cm³/mol. The quantitative estimate of drug-likeness (QED) is 0.768. The van der Waals surface area contributed by atoms with E-state index >= 15 is 0 Å². The van der Waals surface area contributed by atoms with Crippen LogP contribution in [0.25, 0.3) is 0 Å². The fraction of sp³-hybridized carbons (Fsp3) is 0.611. The number of carbonyl (C=O) groups is 2. The summed E-state index contributed by atoms with van der Waals surface area (Å²) >= 11 is 1.60. The van der Waals surface area contributed by atoms with Crippen LogP contribution < -0.4 is 0 Å². The molecular weight excluding hydrogens is 338 g/mol. The van der Waals surface area contributed by atoms with Crippen molar-refractivity contribution in [2.45, 2.75) is 71.2 Å². The Labute approximate surface area is 153 Å². The van der Waals surface area contributed by atoms with Crippen LogP contribution in [0.5, 0.6) is 0 Å². The van der Waals surface area contributed by atoms with E-state index in [1.807, 2.05) is 5.38 Å². The fourth-order valence-corrected chi connectivity index (χ4v) is 3.63. The highest BCUT2D eigenvalue weighted by Crippen LogP contribution is 2.31. The molecule has 1 N–H and O–H groups in total. The van der Waals surface area contributed by atoms with Gasteiger partial charge < -0.3 is 10.0 Å². The fourth-order valence-electron chi connectivity index (χ4n) is 2.80. The topological polar surface area (TPSA) is 73.7 Å². The maximum absolute atomic E-state index is 13.0. The van der Waals surface area contributed by atoms with Gasteiger partial charge in [0.05, 0.1) is 23.4 Å². The van der Waals surface area contributed by atoms with Crippen LogP contribution in [0.15, 0.2) is 18.2 Å². The predicted octanol–water partition coefficient (Wildman–Crippen LogP) is 3.13. The molecule has 1 saturated carbocycles. The summed E-state index contributed by atoms with van der Waals surface area (Å²) in [7, 11) is 0. The molecule has 6 nitrogen and oxygen atoms in total. The average molecular weight is 365 g/mol. The van der Waals surface area contributed by atoms with Crippen LogP contribution in [-0.2, 0) is 11.3 Å². The van der Waals surface area contributed by atoms with E-state index in [1.54, 1.807) is 16.2 Å². The lowest BCUT2D eigenvalue weighted by molar-refractivity contribution is -0.123. The lowest BCUT2D eigenvalue weighted by Crippen LogP contribution is -2.52. The van der Waals surface area contributed by atoms with E-state index in [1.165, 1.54) is 24.9 Å². The minimum absolute atomic E-state index is 0.153. The monoisotopic (exact) mass is 365 g/mol. The molecule has 0 bridgehead atoms. The van der Waals surface area contributed by atoms with Gasteiger partial charge in [-0.2, -0.15) is 0 Å². The summed E-state index contributed by atoms with van der Waals surface area (Å²) in [5.41, 5.74) is 0.856. The summed E-state index contributed by atoms with van der Waals surface area (Å²) < 4.78 is 0. The Bertz CT molecular complexity index is 637. The molecule has 2 rings (SSSR count). The van der Waals surface area contributed by atoms with E-state index < -0.39 is 12.1 Å². The van der Waals surface area contributed by atoms with E-state index in [-0.39, 0.29) is 17.9 Å². The van der Waals surface area contributed by atoms with Crippen molar-refractivity contribution < 1.29 is 14.7 Å². The van der Waals surface area contributed by atoms with Crippen LogP contribution in [0.2, 0.25) is 0 Å². The smallest absolute Gasteiger partial charge is 0.325 e. The summed E-state index contributed by atoms with van der Waals surface area (Å²) in [4.78, 5) is 32.5. The van der Waals surface area contributed by atoms with E-state index in [0.717, 1.165) is 23.5 Å². The summed E-state index contributed by atoms with van der Waals surface area (Å²) in [6, 6.07) is -1.08. The molecule has 2 amide bonds. The van der Waals surface area contributed by atoms with E-state index in [9.17, 15) is 14.7 Å². The Morgan fingerprint density at radius 3 is 2.48 bits per heavy atom. The number of Topliss-reactive ketones (excluding diaryl/α,β-unsaturated/α-hetero) is 1. The largest absolute Gasteiger partial charge is 0.391 e. The number of aromatic nitrogens is 1. The van der Waals surface area contributed by atoms with Gasteiger partial charge in [0.2, 0.25) is 0 Å². The van der Waals surface area contributed by atoms with Gasteiger partial charge in [-0.15, -0.1) is 11.3 Å². The molecular formula is C18H27N3O3S. The van der Waals surface area contributed by atoms with Gasteiger partial charge in [0.25, 0.3) is 0 Å². The number of hydrogen-bond donors (Lipinski definition) is 1. The molecule has 0 aromatic carbocycles. The van der Waals surface area contributed by atoms with Gasteiger partial charge in [0.1, 0.15) is 6.04 Å². The Balaban J connectivity index is 2.21.